The summed E-state index contributed by atoms with van der Waals surface area (Å²) in [6.07, 6.45) is 5.93. The summed E-state index contributed by atoms with van der Waals surface area (Å²) < 4.78 is 9.11. The van der Waals surface area contributed by atoms with Gasteiger partial charge in [0.2, 0.25) is 0 Å². The maximum absolute atomic E-state index is 5.11. The van der Waals surface area contributed by atoms with Gasteiger partial charge in [-0.25, -0.2) is 14.6 Å². The molecule has 0 saturated heterocycles. The number of methoxy groups -OCH3 is 1. The van der Waals surface area contributed by atoms with Crippen molar-refractivity contribution in [2.45, 2.75) is 38.6 Å². The number of aryl methyl sites for hydroxylation is 1. The van der Waals surface area contributed by atoms with Crippen molar-refractivity contribution >= 4 is 22.3 Å². The topological polar surface area (TPSA) is 93.7 Å². The molecular formula is C16H22N8OS. The van der Waals surface area contributed by atoms with Crippen LogP contribution in [0.1, 0.15) is 23.8 Å². The molecule has 0 spiro atoms. The van der Waals surface area contributed by atoms with Crippen LogP contribution < -0.4 is 10.6 Å². The van der Waals surface area contributed by atoms with Gasteiger partial charge in [0, 0.05) is 44.4 Å². The first kappa shape index (κ1) is 17.0. The summed E-state index contributed by atoms with van der Waals surface area (Å²) in [7, 11) is 3.44. The maximum Gasteiger partial charge on any atom is 0.193 e. The Kier molecular flexibility index (Phi) is 4.85. The molecule has 0 bridgehead atoms. The molecule has 2 N–H and O–H groups in total. The van der Waals surface area contributed by atoms with Crippen LogP contribution in [-0.2, 0) is 30.9 Å². The number of hydrogen-bond acceptors (Lipinski definition) is 6. The third-order valence-electron chi connectivity index (χ3n) is 4.32. The van der Waals surface area contributed by atoms with Crippen LogP contribution in [0.3, 0.4) is 0 Å². The Labute approximate surface area is 155 Å². The van der Waals surface area contributed by atoms with Gasteiger partial charge in [0.25, 0.3) is 0 Å². The fourth-order valence-corrected chi connectivity index (χ4v) is 3.81. The van der Waals surface area contributed by atoms with E-state index < -0.39 is 0 Å². The Bertz CT molecular complexity index is 882. The molecule has 0 saturated carbocycles. The van der Waals surface area contributed by atoms with Gasteiger partial charge in [0.1, 0.15) is 12.4 Å². The number of rotatable bonds is 5. The highest BCUT2D eigenvalue weighted by atomic mass is 32.1. The molecule has 1 atom stereocenters. The molecule has 0 aromatic carbocycles. The summed E-state index contributed by atoms with van der Waals surface area (Å²) in [5, 5.41) is 13.3. The summed E-state index contributed by atoms with van der Waals surface area (Å²) in [6.45, 7) is 1.85. The molecule has 1 aliphatic heterocycles. The van der Waals surface area contributed by atoms with Gasteiger partial charge in [-0.2, -0.15) is 5.10 Å². The molecule has 9 nitrogen and oxygen atoms in total. The maximum atomic E-state index is 5.11. The third-order valence-corrected chi connectivity index (χ3v) is 5.09. The van der Waals surface area contributed by atoms with Crippen molar-refractivity contribution in [3.63, 3.8) is 0 Å². The number of ether oxygens (including phenoxy) is 1. The summed E-state index contributed by atoms with van der Waals surface area (Å²) in [5.74, 6) is 2.54. The summed E-state index contributed by atoms with van der Waals surface area (Å²) >= 11 is 1.63. The fraction of sp³-hybridized carbons (Fsp3) is 0.500. The molecule has 0 aliphatic carbocycles. The van der Waals surface area contributed by atoms with Crippen molar-refractivity contribution in [1.29, 1.82) is 0 Å². The number of aliphatic imine (C=N–C) groups is 1. The van der Waals surface area contributed by atoms with E-state index >= 15 is 0 Å². The van der Waals surface area contributed by atoms with E-state index in [9.17, 15) is 0 Å². The Hall–Kier alpha value is -2.46. The van der Waals surface area contributed by atoms with Crippen molar-refractivity contribution in [3.8, 4) is 0 Å². The van der Waals surface area contributed by atoms with Crippen LogP contribution in [-0.4, -0.2) is 50.3 Å². The molecule has 1 aliphatic rings. The zero-order valence-electron chi connectivity index (χ0n) is 14.8. The van der Waals surface area contributed by atoms with Gasteiger partial charge in [-0.3, -0.25) is 9.39 Å². The molecule has 3 aromatic rings. The second-order valence-electron chi connectivity index (χ2n) is 6.19. The second-order valence-corrected chi connectivity index (χ2v) is 7.06. The minimum Gasteiger partial charge on any atom is -0.377 e. The van der Waals surface area contributed by atoms with Gasteiger partial charge in [-0.15, -0.1) is 11.3 Å². The average Bonchev–Trinajstić information content (AvgIpc) is 3.32. The van der Waals surface area contributed by atoms with E-state index in [1.807, 2.05) is 26.9 Å². The van der Waals surface area contributed by atoms with Gasteiger partial charge in [-0.05, 0) is 6.42 Å². The summed E-state index contributed by atoms with van der Waals surface area (Å²) in [4.78, 5) is 14.4. The van der Waals surface area contributed by atoms with Gasteiger partial charge in [0.05, 0.1) is 18.8 Å². The number of fused-ring (bicyclic) bond motifs is 2. The number of aromatic nitrogens is 5. The number of nitrogens with one attached hydrogen (secondary N) is 2. The first-order valence-corrected chi connectivity index (χ1v) is 9.43. The Morgan fingerprint density at radius 1 is 1.46 bits per heavy atom. The standard InChI is InChI=1S/C16H22N8OS/c1-17-15(18-7-12-8-23-5-6-26-16(23)20-12)19-11-3-4-14-21-13(10-25-2)22-24(14)9-11/h5-6,8,11H,3-4,7,9-10H2,1-2H3,(H2,17,18,19). The SMILES string of the molecule is CN=C(NCc1cn2ccsc2n1)NC1CCc2nc(COC)nn2C1. The predicted octanol–water partition coefficient (Wildman–Crippen LogP) is 0.814. The largest absolute Gasteiger partial charge is 0.377 e. The zero-order chi connectivity index (χ0) is 17.9. The van der Waals surface area contributed by atoms with Crippen molar-refractivity contribution < 1.29 is 4.74 Å². The van der Waals surface area contributed by atoms with E-state index in [1.54, 1.807) is 25.5 Å². The van der Waals surface area contributed by atoms with Crippen molar-refractivity contribution in [2.24, 2.45) is 4.99 Å². The van der Waals surface area contributed by atoms with Crippen LogP contribution in [0.25, 0.3) is 4.96 Å². The van der Waals surface area contributed by atoms with Gasteiger partial charge < -0.3 is 15.4 Å². The van der Waals surface area contributed by atoms with Gasteiger partial charge >= 0.3 is 0 Å². The number of nitrogens with zero attached hydrogens (tertiary/aromatic N) is 6. The molecular weight excluding hydrogens is 352 g/mol. The van der Waals surface area contributed by atoms with Crippen LogP contribution in [0.5, 0.6) is 0 Å². The van der Waals surface area contributed by atoms with Crippen LogP contribution in [0.2, 0.25) is 0 Å². The first-order chi connectivity index (χ1) is 12.7. The van der Waals surface area contributed by atoms with E-state index in [4.69, 9.17) is 4.74 Å². The van der Waals surface area contributed by atoms with Crippen LogP contribution in [0.15, 0.2) is 22.8 Å². The first-order valence-electron chi connectivity index (χ1n) is 8.55. The number of guanidine groups is 1. The number of imidazole rings is 1. The highest BCUT2D eigenvalue weighted by molar-refractivity contribution is 7.15. The Morgan fingerprint density at radius 3 is 3.19 bits per heavy atom. The van der Waals surface area contributed by atoms with Gasteiger partial charge in [0.15, 0.2) is 16.7 Å². The molecule has 10 heteroatoms. The lowest BCUT2D eigenvalue weighted by molar-refractivity contribution is 0.177. The van der Waals surface area contributed by atoms with E-state index in [2.05, 4.69) is 30.7 Å². The third kappa shape index (κ3) is 3.56. The lowest BCUT2D eigenvalue weighted by atomic mass is 10.1. The lowest BCUT2D eigenvalue weighted by Crippen LogP contribution is -2.46. The Balaban J connectivity index is 1.33. The molecule has 138 valence electrons. The zero-order valence-corrected chi connectivity index (χ0v) is 15.7. The smallest absolute Gasteiger partial charge is 0.193 e. The van der Waals surface area contributed by atoms with Crippen molar-refractivity contribution in [2.75, 3.05) is 14.2 Å². The van der Waals surface area contributed by atoms with Crippen LogP contribution >= 0.6 is 11.3 Å². The minimum atomic E-state index is 0.260. The molecule has 0 radical (unpaired) electrons. The molecule has 1 unspecified atom stereocenters. The number of hydrogen-bond donors (Lipinski definition) is 2. The van der Waals surface area contributed by atoms with Crippen LogP contribution in [0.4, 0.5) is 0 Å². The Morgan fingerprint density at radius 2 is 2.38 bits per heavy atom. The fourth-order valence-electron chi connectivity index (χ4n) is 3.09. The molecule has 26 heavy (non-hydrogen) atoms. The summed E-state index contributed by atoms with van der Waals surface area (Å²) in [5.41, 5.74) is 0.992. The molecule has 0 fully saturated rings. The van der Waals surface area contributed by atoms with Gasteiger partial charge in [-0.1, -0.05) is 0 Å². The number of thiazole rings is 1. The second kappa shape index (κ2) is 7.42. The normalized spacial score (nSPS) is 17.5. The van der Waals surface area contributed by atoms with E-state index in [0.29, 0.717) is 13.2 Å². The van der Waals surface area contributed by atoms with E-state index in [-0.39, 0.29) is 6.04 Å². The van der Waals surface area contributed by atoms with Crippen molar-refractivity contribution in [3.05, 3.63) is 35.1 Å². The van der Waals surface area contributed by atoms with E-state index in [1.165, 1.54) is 0 Å². The minimum absolute atomic E-state index is 0.260. The average molecular weight is 374 g/mol. The lowest BCUT2D eigenvalue weighted by Gasteiger charge is -2.25. The van der Waals surface area contributed by atoms with Crippen molar-refractivity contribution in [1.82, 2.24) is 34.8 Å². The predicted molar refractivity (Wildman–Crippen MR) is 99.2 cm³/mol. The monoisotopic (exact) mass is 374 g/mol. The van der Waals surface area contributed by atoms with E-state index in [0.717, 1.165) is 47.6 Å². The molecule has 4 rings (SSSR count). The quantitative estimate of drug-likeness (QED) is 0.507. The summed E-state index contributed by atoms with van der Waals surface area (Å²) in [6, 6.07) is 0.260. The van der Waals surface area contributed by atoms with Crippen LogP contribution in [0, 0.1) is 0 Å². The molecule has 4 heterocycles. The highest BCUT2D eigenvalue weighted by Gasteiger charge is 2.22. The molecule has 0 amide bonds. The highest BCUT2D eigenvalue weighted by Crippen LogP contribution is 2.14. The molecule has 3 aromatic heterocycles.